The predicted molar refractivity (Wildman–Crippen MR) is 229 cm³/mol. The van der Waals surface area contributed by atoms with Gasteiger partial charge in [0.2, 0.25) is 0 Å². The van der Waals surface area contributed by atoms with Gasteiger partial charge in [-0.3, -0.25) is 0 Å². The van der Waals surface area contributed by atoms with Crippen LogP contribution in [0, 0.1) is 0 Å². The van der Waals surface area contributed by atoms with E-state index in [4.69, 9.17) is 0 Å². The van der Waals surface area contributed by atoms with Crippen molar-refractivity contribution in [3.8, 4) is 39.1 Å². The molecule has 0 aliphatic carbocycles. The number of para-hydroxylation sites is 2. The van der Waals surface area contributed by atoms with Crippen LogP contribution in [0.15, 0.2) is 218 Å². The van der Waals surface area contributed by atoms with Crippen molar-refractivity contribution >= 4 is 49.6 Å². The molecule has 2 heteroatoms. The zero-order chi connectivity index (χ0) is 35.8. The molecular formula is C52H36N2. The minimum Gasteiger partial charge on any atom is -0.310 e. The zero-order valence-corrected chi connectivity index (χ0v) is 29.7. The molecule has 0 saturated heterocycles. The molecule has 10 aromatic rings. The fourth-order valence-corrected chi connectivity index (χ4v) is 8.11. The number of hydrogen-bond donors (Lipinski definition) is 0. The molecule has 0 fully saturated rings. The van der Waals surface area contributed by atoms with Crippen LogP contribution in [-0.4, -0.2) is 4.57 Å². The van der Waals surface area contributed by atoms with Gasteiger partial charge in [-0.1, -0.05) is 170 Å². The maximum atomic E-state index is 2.48. The number of anilines is 3. The van der Waals surface area contributed by atoms with Crippen molar-refractivity contribution in [2.45, 2.75) is 0 Å². The Labute approximate surface area is 315 Å². The van der Waals surface area contributed by atoms with Gasteiger partial charge in [0, 0.05) is 27.7 Å². The van der Waals surface area contributed by atoms with Crippen molar-refractivity contribution in [2.24, 2.45) is 0 Å². The second-order valence-corrected chi connectivity index (χ2v) is 13.7. The largest absolute Gasteiger partial charge is 0.310 e. The lowest BCUT2D eigenvalue weighted by Gasteiger charge is -2.26. The lowest BCUT2D eigenvalue weighted by Crippen LogP contribution is -2.10. The average molecular weight is 689 g/mol. The van der Waals surface area contributed by atoms with Gasteiger partial charge in [0.1, 0.15) is 0 Å². The highest BCUT2D eigenvalue weighted by Gasteiger charge is 2.22. The Bertz CT molecular complexity index is 2900. The zero-order valence-electron chi connectivity index (χ0n) is 29.7. The van der Waals surface area contributed by atoms with E-state index in [1.165, 1.54) is 60.4 Å². The van der Waals surface area contributed by atoms with Gasteiger partial charge in [-0.25, -0.2) is 0 Å². The molecule has 54 heavy (non-hydrogen) atoms. The summed E-state index contributed by atoms with van der Waals surface area (Å²) in [5.74, 6) is 0. The summed E-state index contributed by atoms with van der Waals surface area (Å²) in [6, 6.07) is 78.9. The molecule has 254 valence electrons. The van der Waals surface area contributed by atoms with E-state index in [0.717, 1.165) is 28.3 Å². The molecule has 0 atom stereocenters. The highest BCUT2D eigenvalue weighted by molar-refractivity contribution is 6.17. The number of aromatic nitrogens is 1. The summed E-state index contributed by atoms with van der Waals surface area (Å²) in [7, 11) is 0. The summed E-state index contributed by atoms with van der Waals surface area (Å²) in [6.45, 7) is 0. The van der Waals surface area contributed by atoms with Crippen LogP contribution in [0.1, 0.15) is 0 Å². The Morgan fingerprint density at radius 3 is 1.67 bits per heavy atom. The molecule has 0 spiro atoms. The summed E-state index contributed by atoms with van der Waals surface area (Å²) in [6.07, 6.45) is 0. The minimum absolute atomic E-state index is 1.10. The Morgan fingerprint density at radius 2 is 0.889 bits per heavy atom. The molecule has 2 nitrogen and oxygen atoms in total. The van der Waals surface area contributed by atoms with Crippen LogP contribution in [0.25, 0.3) is 71.6 Å². The first-order valence-corrected chi connectivity index (χ1v) is 18.5. The molecule has 1 heterocycles. The van der Waals surface area contributed by atoms with Crippen molar-refractivity contribution in [1.29, 1.82) is 0 Å². The average Bonchev–Trinajstić information content (AvgIpc) is 3.59. The maximum absolute atomic E-state index is 2.48. The quantitative estimate of drug-likeness (QED) is 0.162. The molecule has 0 saturated carbocycles. The normalized spacial score (nSPS) is 11.3. The second kappa shape index (κ2) is 13.4. The molecule has 0 aliphatic rings. The lowest BCUT2D eigenvalue weighted by atomic mass is 9.94. The van der Waals surface area contributed by atoms with Crippen LogP contribution in [-0.2, 0) is 0 Å². The predicted octanol–water partition coefficient (Wildman–Crippen LogP) is 14.4. The highest BCUT2D eigenvalue weighted by atomic mass is 15.1. The van der Waals surface area contributed by atoms with Crippen molar-refractivity contribution in [3.63, 3.8) is 0 Å². The summed E-state index contributed by atoms with van der Waals surface area (Å²) in [5.41, 5.74) is 14.0. The smallest absolute Gasteiger partial charge is 0.0562 e. The molecule has 9 aromatic carbocycles. The number of fused-ring (bicyclic) bond motifs is 4. The number of rotatable bonds is 7. The van der Waals surface area contributed by atoms with Crippen molar-refractivity contribution in [2.75, 3.05) is 4.90 Å². The van der Waals surface area contributed by atoms with E-state index in [0.29, 0.717) is 0 Å². The maximum Gasteiger partial charge on any atom is 0.0562 e. The van der Waals surface area contributed by atoms with E-state index in [9.17, 15) is 0 Å². The Balaban J connectivity index is 1.24. The van der Waals surface area contributed by atoms with Crippen molar-refractivity contribution < 1.29 is 0 Å². The van der Waals surface area contributed by atoms with Gasteiger partial charge in [0.15, 0.2) is 0 Å². The van der Waals surface area contributed by atoms with Gasteiger partial charge in [0.25, 0.3) is 0 Å². The fraction of sp³-hybridized carbons (Fsp3) is 0. The van der Waals surface area contributed by atoms with E-state index < -0.39 is 0 Å². The van der Waals surface area contributed by atoms with Crippen LogP contribution in [0.3, 0.4) is 0 Å². The van der Waals surface area contributed by atoms with Crippen LogP contribution < -0.4 is 4.90 Å². The van der Waals surface area contributed by atoms with Gasteiger partial charge < -0.3 is 9.47 Å². The highest BCUT2D eigenvalue weighted by Crippen LogP contribution is 2.45. The first-order chi connectivity index (χ1) is 26.8. The van der Waals surface area contributed by atoms with Gasteiger partial charge in [-0.2, -0.15) is 0 Å². The van der Waals surface area contributed by atoms with E-state index in [2.05, 4.69) is 228 Å². The Kier molecular flexibility index (Phi) is 7.85. The Morgan fingerprint density at radius 1 is 0.333 bits per heavy atom. The first-order valence-electron chi connectivity index (χ1n) is 18.5. The molecule has 0 unspecified atom stereocenters. The number of nitrogens with zero attached hydrogens (tertiary/aromatic N) is 2. The molecule has 0 bridgehead atoms. The topological polar surface area (TPSA) is 8.17 Å². The summed E-state index contributed by atoms with van der Waals surface area (Å²) < 4.78 is 2.48. The summed E-state index contributed by atoms with van der Waals surface area (Å²) in [5, 5.41) is 4.90. The number of hydrogen-bond acceptors (Lipinski definition) is 1. The third-order valence-electron chi connectivity index (χ3n) is 10.6. The molecule has 0 aliphatic heterocycles. The van der Waals surface area contributed by atoms with Gasteiger partial charge in [-0.05, 0) is 87.1 Å². The van der Waals surface area contributed by atoms with E-state index in [1.807, 2.05) is 0 Å². The third-order valence-corrected chi connectivity index (χ3v) is 10.6. The Hall–Kier alpha value is -7.16. The van der Waals surface area contributed by atoms with Crippen molar-refractivity contribution in [3.05, 3.63) is 218 Å². The monoisotopic (exact) mass is 688 g/mol. The van der Waals surface area contributed by atoms with Crippen LogP contribution in [0.4, 0.5) is 17.1 Å². The third kappa shape index (κ3) is 5.44. The fourth-order valence-electron chi connectivity index (χ4n) is 8.11. The number of benzene rings is 9. The van der Waals surface area contributed by atoms with E-state index in [1.54, 1.807) is 0 Å². The van der Waals surface area contributed by atoms with E-state index in [-0.39, 0.29) is 0 Å². The molecule has 0 N–H and O–H groups in total. The molecular weight excluding hydrogens is 653 g/mol. The minimum atomic E-state index is 1.10. The summed E-state index contributed by atoms with van der Waals surface area (Å²) in [4.78, 5) is 2.40. The SMILES string of the molecule is c1ccc(-c2ccc(N(c3ccccc3)c3cccc4c3c3ccccc3n4-c3cc(-c4cccc5ccccc45)ccc3-c3ccccc3)cc2)cc1. The molecule has 10 rings (SSSR count). The van der Waals surface area contributed by atoms with Gasteiger partial charge in [-0.15, -0.1) is 0 Å². The van der Waals surface area contributed by atoms with E-state index >= 15 is 0 Å². The lowest BCUT2D eigenvalue weighted by molar-refractivity contribution is 1.18. The first kappa shape index (κ1) is 31.6. The molecule has 0 amide bonds. The molecule has 1 aromatic heterocycles. The van der Waals surface area contributed by atoms with Crippen LogP contribution in [0.2, 0.25) is 0 Å². The second-order valence-electron chi connectivity index (χ2n) is 13.7. The van der Waals surface area contributed by atoms with Gasteiger partial charge in [0.05, 0.1) is 22.4 Å². The van der Waals surface area contributed by atoms with Gasteiger partial charge >= 0.3 is 0 Å². The molecule has 0 radical (unpaired) electrons. The summed E-state index contributed by atoms with van der Waals surface area (Å²) >= 11 is 0. The van der Waals surface area contributed by atoms with Crippen LogP contribution in [0.5, 0.6) is 0 Å². The van der Waals surface area contributed by atoms with Crippen LogP contribution >= 0.6 is 0 Å². The standard InChI is InChI=1S/C52H36N2/c1-4-16-37(17-5-1)38-30-33-43(34-31-38)53(42-22-8-3-9-23-42)49-28-15-29-50-52(49)47-25-12-13-27-48(47)54(50)51-36-41(32-35-46(51)40-18-6-2-7-19-40)45-26-14-21-39-20-10-11-24-44(39)45/h1-36H. The van der Waals surface area contributed by atoms with Crippen molar-refractivity contribution in [1.82, 2.24) is 4.57 Å².